The lowest BCUT2D eigenvalue weighted by Crippen LogP contribution is -2.09. The summed E-state index contributed by atoms with van der Waals surface area (Å²) in [6.45, 7) is 3.83. The third-order valence-corrected chi connectivity index (χ3v) is 3.36. The summed E-state index contributed by atoms with van der Waals surface area (Å²) in [5.74, 6) is 0.849. The Hall–Kier alpha value is -1.93. The van der Waals surface area contributed by atoms with Gasteiger partial charge in [0.1, 0.15) is 5.75 Å². The van der Waals surface area contributed by atoms with Crippen molar-refractivity contribution in [3.63, 3.8) is 0 Å². The molecule has 0 aliphatic rings. The minimum atomic E-state index is 0.179. The molecule has 0 radical (unpaired) electrons. The molecule has 0 aliphatic heterocycles. The Morgan fingerprint density at radius 2 is 1.80 bits per heavy atom. The molecule has 0 aliphatic carbocycles. The number of halogens is 1. The molecular weight excluding hydrogens is 270 g/mol. The van der Waals surface area contributed by atoms with Gasteiger partial charge in [0.05, 0.1) is 13.2 Å². The molecule has 2 aromatic carbocycles. The van der Waals surface area contributed by atoms with Gasteiger partial charge in [0, 0.05) is 10.7 Å². The molecule has 0 fully saturated rings. The molecule has 2 nitrogen and oxygen atoms in total. The van der Waals surface area contributed by atoms with E-state index in [1.165, 1.54) is 5.56 Å². The summed E-state index contributed by atoms with van der Waals surface area (Å²) in [4.78, 5) is 0. The molecule has 0 aromatic heterocycles. The van der Waals surface area contributed by atoms with Gasteiger partial charge in [-0.3, -0.25) is 0 Å². The summed E-state index contributed by atoms with van der Waals surface area (Å²) in [5.41, 5.74) is 2.23. The monoisotopic (exact) mass is 287 g/mol. The first-order valence-electron chi connectivity index (χ1n) is 6.50. The van der Waals surface area contributed by atoms with Gasteiger partial charge >= 0.3 is 0 Å². The van der Waals surface area contributed by atoms with Crippen molar-refractivity contribution < 1.29 is 4.74 Å². The molecular formula is C17H18ClNO. The van der Waals surface area contributed by atoms with E-state index in [1.807, 2.05) is 54.6 Å². The van der Waals surface area contributed by atoms with Crippen molar-refractivity contribution in [3.05, 3.63) is 71.8 Å². The number of rotatable bonds is 6. The van der Waals surface area contributed by atoms with Gasteiger partial charge in [0.15, 0.2) is 0 Å². The van der Waals surface area contributed by atoms with Gasteiger partial charge in [-0.2, -0.15) is 0 Å². The Kier molecular flexibility index (Phi) is 5.08. The van der Waals surface area contributed by atoms with Gasteiger partial charge in [0.25, 0.3) is 0 Å². The van der Waals surface area contributed by atoms with Crippen LogP contribution >= 0.6 is 11.6 Å². The Morgan fingerprint density at radius 1 is 1.15 bits per heavy atom. The third-order valence-electron chi connectivity index (χ3n) is 3.11. The second-order valence-electron chi connectivity index (χ2n) is 4.50. The van der Waals surface area contributed by atoms with Crippen LogP contribution in [0.25, 0.3) is 0 Å². The average Bonchev–Trinajstić information content (AvgIpc) is 2.48. The Bertz CT molecular complexity index is 548. The van der Waals surface area contributed by atoms with Crippen LogP contribution in [0.3, 0.4) is 0 Å². The highest BCUT2D eigenvalue weighted by atomic mass is 35.5. The van der Waals surface area contributed by atoms with Crippen LogP contribution in [0.5, 0.6) is 5.75 Å². The Morgan fingerprint density at radius 3 is 2.35 bits per heavy atom. The Balaban J connectivity index is 2.15. The molecule has 3 heteroatoms. The lowest BCUT2D eigenvalue weighted by Gasteiger charge is -2.19. The largest absolute Gasteiger partial charge is 0.497 e. The molecule has 2 rings (SSSR count). The van der Waals surface area contributed by atoms with Crippen molar-refractivity contribution in [2.75, 3.05) is 12.4 Å². The van der Waals surface area contributed by atoms with Crippen molar-refractivity contribution in [2.24, 2.45) is 0 Å². The quantitative estimate of drug-likeness (QED) is 0.748. The highest BCUT2D eigenvalue weighted by Gasteiger charge is 2.09. The summed E-state index contributed by atoms with van der Waals surface area (Å²) in [6, 6.07) is 15.9. The molecule has 2 aromatic rings. The van der Waals surface area contributed by atoms with E-state index in [0.717, 1.165) is 22.9 Å². The van der Waals surface area contributed by atoms with Crippen molar-refractivity contribution in [2.45, 2.75) is 12.5 Å². The highest BCUT2D eigenvalue weighted by Crippen LogP contribution is 2.25. The molecule has 20 heavy (non-hydrogen) atoms. The standard InChI is InChI=1S/C17H18ClNO/c1-3-4-17(13-5-7-14(18)8-6-13)19-15-9-11-16(20-2)12-10-15/h3,5-12,17,19H,1,4H2,2H3. The summed E-state index contributed by atoms with van der Waals surface area (Å²) in [6.07, 6.45) is 2.75. The molecule has 104 valence electrons. The van der Waals surface area contributed by atoms with E-state index >= 15 is 0 Å². The molecule has 0 spiro atoms. The average molecular weight is 288 g/mol. The zero-order chi connectivity index (χ0) is 14.4. The predicted octanol–water partition coefficient (Wildman–Crippen LogP) is 5.08. The number of ether oxygens (including phenoxy) is 1. The Labute approximate surface area is 125 Å². The molecule has 0 bridgehead atoms. The summed E-state index contributed by atoms with van der Waals surface area (Å²) in [7, 11) is 1.66. The normalized spacial score (nSPS) is 11.7. The molecule has 1 N–H and O–H groups in total. The summed E-state index contributed by atoms with van der Waals surface area (Å²) >= 11 is 5.93. The second kappa shape index (κ2) is 7.01. The smallest absolute Gasteiger partial charge is 0.119 e. The van der Waals surface area contributed by atoms with Gasteiger partial charge < -0.3 is 10.1 Å². The first-order chi connectivity index (χ1) is 9.72. The number of benzene rings is 2. The van der Waals surface area contributed by atoms with Crippen molar-refractivity contribution in [1.29, 1.82) is 0 Å². The lowest BCUT2D eigenvalue weighted by atomic mass is 10.0. The molecule has 1 atom stereocenters. The van der Waals surface area contributed by atoms with Crippen molar-refractivity contribution in [3.8, 4) is 5.75 Å². The van der Waals surface area contributed by atoms with Crippen LogP contribution in [-0.4, -0.2) is 7.11 Å². The maximum Gasteiger partial charge on any atom is 0.119 e. The van der Waals surface area contributed by atoms with E-state index in [4.69, 9.17) is 16.3 Å². The van der Waals surface area contributed by atoms with E-state index in [0.29, 0.717) is 0 Å². The number of hydrogen-bond donors (Lipinski definition) is 1. The summed E-state index contributed by atoms with van der Waals surface area (Å²) in [5, 5.41) is 4.24. The fourth-order valence-electron chi connectivity index (χ4n) is 2.03. The van der Waals surface area contributed by atoms with Gasteiger partial charge in [0.2, 0.25) is 0 Å². The zero-order valence-corrected chi connectivity index (χ0v) is 12.2. The van der Waals surface area contributed by atoms with Crippen LogP contribution in [0.4, 0.5) is 5.69 Å². The van der Waals surface area contributed by atoms with Gasteiger partial charge in [-0.15, -0.1) is 6.58 Å². The van der Waals surface area contributed by atoms with Crippen molar-refractivity contribution >= 4 is 17.3 Å². The molecule has 0 amide bonds. The van der Waals surface area contributed by atoms with Crippen LogP contribution in [0, 0.1) is 0 Å². The lowest BCUT2D eigenvalue weighted by molar-refractivity contribution is 0.415. The van der Waals surface area contributed by atoms with Crippen LogP contribution in [0.15, 0.2) is 61.2 Å². The predicted molar refractivity (Wildman–Crippen MR) is 85.6 cm³/mol. The van der Waals surface area contributed by atoms with E-state index < -0.39 is 0 Å². The minimum absolute atomic E-state index is 0.179. The van der Waals surface area contributed by atoms with E-state index in [1.54, 1.807) is 7.11 Å². The topological polar surface area (TPSA) is 21.3 Å². The number of hydrogen-bond acceptors (Lipinski definition) is 2. The van der Waals surface area contributed by atoms with Gasteiger partial charge in [-0.1, -0.05) is 29.8 Å². The fraction of sp³-hybridized carbons (Fsp3) is 0.176. The maximum absolute atomic E-state index is 5.93. The van der Waals surface area contributed by atoms with E-state index in [9.17, 15) is 0 Å². The van der Waals surface area contributed by atoms with Crippen molar-refractivity contribution in [1.82, 2.24) is 0 Å². The fourth-order valence-corrected chi connectivity index (χ4v) is 2.15. The van der Waals surface area contributed by atoms with Gasteiger partial charge in [-0.25, -0.2) is 0 Å². The third kappa shape index (κ3) is 3.78. The number of anilines is 1. The van der Waals surface area contributed by atoms with Crippen LogP contribution < -0.4 is 10.1 Å². The first kappa shape index (κ1) is 14.5. The maximum atomic E-state index is 5.93. The van der Waals surface area contributed by atoms with Crippen LogP contribution in [0.1, 0.15) is 18.0 Å². The number of nitrogens with one attached hydrogen (secondary N) is 1. The molecule has 0 saturated heterocycles. The SMILES string of the molecule is C=CCC(Nc1ccc(OC)cc1)c1ccc(Cl)cc1. The molecule has 1 unspecified atom stereocenters. The van der Waals surface area contributed by atoms with E-state index in [2.05, 4.69) is 11.9 Å². The highest BCUT2D eigenvalue weighted by molar-refractivity contribution is 6.30. The minimum Gasteiger partial charge on any atom is -0.497 e. The van der Waals surface area contributed by atoms with Crippen LogP contribution in [-0.2, 0) is 0 Å². The molecule has 0 saturated carbocycles. The second-order valence-corrected chi connectivity index (χ2v) is 4.94. The van der Waals surface area contributed by atoms with Gasteiger partial charge in [-0.05, 0) is 48.4 Å². The number of methoxy groups -OCH3 is 1. The zero-order valence-electron chi connectivity index (χ0n) is 11.5. The van der Waals surface area contributed by atoms with E-state index in [-0.39, 0.29) is 6.04 Å². The molecule has 0 heterocycles. The van der Waals surface area contributed by atoms with Crippen LogP contribution in [0.2, 0.25) is 5.02 Å². The first-order valence-corrected chi connectivity index (χ1v) is 6.87. The summed E-state index contributed by atoms with van der Waals surface area (Å²) < 4.78 is 5.16.